The largest absolute Gasteiger partial charge is 0.312 e. The van der Waals surface area contributed by atoms with Gasteiger partial charge in [0, 0.05) is 10.4 Å². The topological polar surface area (TPSA) is 12.0 Å². The van der Waals surface area contributed by atoms with Gasteiger partial charge in [-0.25, -0.2) is 0 Å². The normalized spacial score (nSPS) is 24.7. The van der Waals surface area contributed by atoms with Crippen LogP contribution in [0.4, 0.5) is 0 Å². The minimum absolute atomic E-state index is 0.242. The molecule has 0 amide bonds. The highest BCUT2D eigenvalue weighted by Crippen LogP contribution is 2.38. The molecule has 3 heteroatoms. The summed E-state index contributed by atoms with van der Waals surface area (Å²) in [5.74, 6) is 1.72. The second kappa shape index (κ2) is 5.29. The van der Waals surface area contributed by atoms with Crippen molar-refractivity contribution < 1.29 is 0 Å². The Labute approximate surface area is 114 Å². The number of hydrogen-bond donors (Lipinski definition) is 1. The van der Waals surface area contributed by atoms with Crippen LogP contribution in [0.3, 0.4) is 0 Å². The van der Waals surface area contributed by atoms with E-state index in [0.29, 0.717) is 0 Å². The van der Waals surface area contributed by atoms with E-state index >= 15 is 0 Å². The molecule has 0 radical (unpaired) electrons. The van der Waals surface area contributed by atoms with E-state index in [1.165, 1.54) is 24.1 Å². The minimum Gasteiger partial charge on any atom is -0.312 e. The van der Waals surface area contributed by atoms with E-state index in [4.69, 9.17) is 11.6 Å². The van der Waals surface area contributed by atoms with Crippen LogP contribution in [-0.2, 0) is 6.42 Å². The number of thiophene rings is 1. The van der Waals surface area contributed by atoms with E-state index in [-0.39, 0.29) is 5.54 Å². The van der Waals surface area contributed by atoms with Gasteiger partial charge in [0.15, 0.2) is 0 Å². The molecule has 2 atom stereocenters. The Bertz CT molecular complexity index is 367. The Balaban J connectivity index is 1.79. The van der Waals surface area contributed by atoms with Crippen molar-refractivity contribution in [3.63, 3.8) is 0 Å². The summed E-state index contributed by atoms with van der Waals surface area (Å²) in [4.78, 5) is 1.44. The Hall–Kier alpha value is -0.0500. The van der Waals surface area contributed by atoms with Crippen LogP contribution in [0.2, 0.25) is 4.34 Å². The standard InChI is InChI=1S/C14H22ClNS/c1-14(2,3)16-9-11-5-4-10(11)8-12-6-7-13(15)17-12/h6-7,10-11,16H,4-5,8-9H2,1-3H3. The van der Waals surface area contributed by atoms with Gasteiger partial charge in [-0.1, -0.05) is 11.6 Å². The zero-order valence-corrected chi connectivity index (χ0v) is 12.5. The molecule has 2 rings (SSSR count). The van der Waals surface area contributed by atoms with Gasteiger partial charge < -0.3 is 5.32 Å². The lowest BCUT2D eigenvalue weighted by atomic mass is 9.71. The van der Waals surface area contributed by atoms with Crippen molar-refractivity contribution in [2.75, 3.05) is 6.54 Å². The predicted octanol–water partition coefficient (Wildman–Crippen LogP) is 4.36. The van der Waals surface area contributed by atoms with Crippen molar-refractivity contribution in [3.05, 3.63) is 21.3 Å². The van der Waals surface area contributed by atoms with Gasteiger partial charge in [-0.15, -0.1) is 11.3 Å². The van der Waals surface area contributed by atoms with E-state index in [9.17, 15) is 0 Å². The summed E-state index contributed by atoms with van der Waals surface area (Å²) >= 11 is 7.70. The quantitative estimate of drug-likeness (QED) is 0.858. The molecule has 0 aromatic carbocycles. The number of hydrogen-bond acceptors (Lipinski definition) is 2. The molecule has 96 valence electrons. The van der Waals surface area contributed by atoms with Crippen LogP contribution in [0.1, 0.15) is 38.5 Å². The van der Waals surface area contributed by atoms with Crippen LogP contribution in [0, 0.1) is 11.8 Å². The first-order valence-corrected chi connectivity index (χ1v) is 7.63. The molecule has 17 heavy (non-hydrogen) atoms. The van der Waals surface area contributed by atoms with Crippen molar-refractivity contribution in [1.82, 2.24) is 5.32 Å². The fraction of sp³-hybridized carbons (Fsp3) is 0.714. The molecule has 0 bridgehead atoms. The zero-order chi connectivity index (χ0) is 12.5. The lowest BCUT2D eigenvalue weighted by Crippen LogP contribution is -2.44. The third-order valence-corrected chi connectivity index (χ3v) is 4.82. The summed E-state index contributed by atoms with van der Waals surface area (Å²) < 4.78 is 0.920. The van der Waals surface area contributed by atoms with Gasteiger partial charge in [0.25, 0.3) is 0 Å². The molecule has 1 aliphatic rings. The van der Waals surface area contributed by atoms with Gasteiger partial charge in [-0.3, -0.25) is 0 Å². The molecular weight excluding hydrogens is 250 g/mol. The molecule has 0 spiro atoms. The van der Waals surface area contributed by atoms with E-state index in [1.54, 1.807) is 11.3 Å². The second-order valence-electron chi connectivity index (χ2n) is 6.14. The van der Waals surface area contributed by atoms with Crippen LogP contribution >= 0.6 is 22.9 Å². The van der Waals surface area contributed by atoms with Gasteiger partial charge in [0.2, 0.25) is 0 Å². The van der Waals surface area contributed by atoms with Crippen LogP contribution in [0.15, 0.2) is 12.1 Å². The van der Waals surface area contributed by atoms with E-state index in [1.807, 2.05) is 6.07 Å². The highest BCUT2D eigenvalue weighted by atomic mass is 35.5. The van der Waals surface area contributed by atoms with Crippen molar-refractivity contribution in [1.29, 1.82) is 0 Å². The first-order valence-electron chi connectivity index (χ1n) is 6.43. The molecule has 1 fully saturated rings. The Morgan fingerprint density at radius 2 is 2.00 bits per heavy atom. The Morgan fingerprint density at radius 3 is 2.47 bits per heavy atom. The monoisotopic (exact) mass is 271 g/mol. The molecule has 0 saturated heterocycles. The molecular formula is C14H22ClNS. The fourth-order valence-corrected chi connectivity index (χ4v) is 3.51. The maximum atomic E-state index is 5.97. The number of rotatable bonds is 4. The van der Waals surface area contributed by atoms with Crippen LogP contribution in [0.25, 0.3) is 0 Å². The smallest absolute Gasteiger partial charge is 0.0931 e. The lowest BCUT2D eigenvalue weighted by molar-refractivity contribution is 0.160. The molecule has 2 unspecified atom stereocenters. The van der Waals surface area contributed by atoms with Gasteiger partial charge in [0.05, 0.1) is 4.34 Å². The lowest BCUT2D eigenvalue weighted by Gasteiger charge is -2.38. The highest BCUT2D eigenvalue weighted by Gasteiger charge is 2.31. The van der Waals surface area contributed by atoms with Crippen LogP contribution in [-0.4, -0.2) is 12.1 Å². The predicted molar refractivity (Wildman–Crippen MR) is 77.0 cm³/mol. The van der Waals surface area contributed by atoms with Gasteiger partial charge in [0.1, 0.15) is 0 Å². The van der Waals surface area contributed by atoms with Crippen molar-refractivity contribution in [2.24, 2.45) is 11.8 Å². The average molecular weight is 272 g/mol. The fourth-order valence-electron chi connectivity index (χ4n) is 2.33. The van der Waals surface area contributed by atoms with Crippen molar-refractivity contribution in [2.45, 2.75) is 45.6 Å². The minimum atomic E-state index is 0.242. The first kappa shape index (κ1) is 13.4. The highest BCUT2D eigenvalue weighted by molar-refractivity contribution is 7.16. The summed E-state index contributed by atoms with van der Waals surface area (Å²) in [6, 6.07) is 4.20. The summed E-state index contributed by atoms with van der Waals surface area (Å²) in [5.41, 5.74) is 0.242. The maximum Gasteiger partial charge on any atom is 0.0931 e. The van der Waals surface area contributed by atoms with Gasteiger partial charge in [-0.2, -0.15) is 0 Å². The molecule has 1 aliphatic carbocycles. The molecule has 0 aliphatic heterocycles. The number of halogens is 1. The summed E-state index contributed by atoms with van der Waals surface area (Å²) in [6.07, 6.45) is 3.98. The second-order valence-corrected chi connectivity index (χ2v) is 7.94. The molecule has 1 heterocycles. The van der Waals surface area contributed by atoms with E-state index < -0.39 is 0 Å². The number of nitrogens with one attached hydrogen (secondary N) is 1. The zero-order valence-electron chi connectivity index (χ0n) is 10.9. The molecule has 1 N–H and O–H groups in total. The molecule has 1 nitrogen and oxygen atoms in total. The van der Waals surface area contributed by atoms with Crippen LogP contribution in [0.5, 0.6) is 0 Å². The molecule has 1 saturated carbocycles. The van der Waals surface area contributed by atoms with E-state index in [2.05, 4.69) is 32.2 Å². The van der Waals surface area contributed by atoms with Gasteiger partial charge >= 0.3 is 0 Å². The molecule has 1 aromatic heterocycles. The Kier molecular flexibility index (Phi) is 4.17. The third kappa shape index (κ3) is 3.97. The summed E-state index contributed by atoms with van der Waals surface area (Å²) in [7, 11) is 0. The maximum absolute atomic E-state index is 5.97. The van der Waals surface area contributed by atoms with Crippen molar-refractivity contribution >= 4 is 22.9 Å². The first-order chi connectivity index (χ1) is 7.94. The molecule has 1 aromatic rings. The summed E-state index contributed by atoms with van der Waals surface area (Å²) in [5, 5.41) is 3.62. The summed E-state index contributed by atoms with van der Waals surface area (Å²) in [6.45, 7) is 7.87. The Morgan fingerprint density at radius 1 is 1.29 bits per heavy atom. The van der Waals surface area contributed by atoms with E-state index in [0.717, 1.165) is 22.7 Å². The van der Waals surface area contributed by atoms with Crippen LogP contribution < -0.4 is 5.32 Å². The van der Waals surface area contributed by atoms with Crippen molar-refractivity contribution in [3.8, 4) is 0 Å². The van der Waals surface area contributed by atoms with Gasteiger partial charge in [-0.05, 0) is 70.5 Å². The third-order valence-electron chi connectivity index (χ3n) is 3.56. The SMILES string of the molecule is CC(C)(C)NCC1CCC1Cc1ccc(Cl)s1. The average Bonchev–Trinajstić information content (AvgIpc) is 2.57.